The number of nitrogens with two attached hydrogens (primary N) is 2. The number of fused-ring (bicyclic) bond motifs is 5. The minimum atomic E-state index is 0.817. The van der Waals surface area contributed by atoms with Crippen LogP contribution in [0.4, 0.5) is 11.4 Å². The molecule has 0 unspecified atom stereocenters. The van der Waals surface area contributed by atoms with E-state index in [2.05, 4.69) is 72.8 Å². The Kier molecular flexibility index (Phi) is 4.45. The molecule has 0 amide bonds. The van der Waals surface area contributed by atoms with Gasteiger partial charge in [0.15, 0.2) is 0 Å². The van der Waals surface area contributed by atoms with E-state index in [0.717, 1.165) is 16.8 Å². The van der Waals surface area contributed by atoms with E-state index in [1.165, 1.54) is 37.7 Å². The first-order chi connectivity index (χ1) is 14.7. The first-order valence-corrected chi connectivity index (χ1v) is 10.0. The summed E-state index contributed by atoms with van der Waals surface area (Å²) in [5.74, 6) is 0. The molecule has 0 aliphatic rings. The highest BCUT2D eigenvalue weighted by Gasteiger charge is 2.02. The van der Waals surface area contributed by atoms with Gasteiger partial charge < -0.3 is 11.5 Å². The summed E-state index contributed by atoms with van der Waals surface area (Å²) in [6.45, 7) is 0. The predicted molar refractivity (Wildman–Crippen MR) is 132 cm³/mol. The fourth-order valence-electron chi connectivity index (χ4n) is 4.04. The van der Waals surface area contributed by atoms with Crippen LogP contribution in [0.5, 0.6) is 0 Å². The molecule has 0 aromatic heterocycles. The Labute approximate surface area is 175 Å². The summed E-state index contributed by atoms with van der Waals surface area (Å²) in [5, 5.41) is 9.81. The molecule has 30 heavy (non-hydrogen) atoms. The van der Waals surface area contributed by atoms with Gasteiger partial charge in [0.1, 0.15) is 0 Å². The molecule has 6 rings (SSSR count). The van der Waals surface area contributed by atoms with E-state index >= 15 is 0 Å². The van der Waals surface area contributed by atoms with Gasteiger partial charge in [0.05, 0.1) is 0 Å². The van der Waals surface area contributed by atoms with Crippen LogP contribution in [0.25, 0.3) is 43.1 Å². The van der Waals surface area contributed by atoms with Gasteiger partial charge in [-0.1, -0.05) is 78.9 Å². The molecule has 0 aliphatic heterocycles. The van der Waals surface area contributed by atoms with Crippen molar-refractivity contribution in [2.75, 3.05) is 11.5 Å². The zero-order valence-electron chi connectivity index (χ0n) is 16.5. The summed E-state index contributed by atoms with van der Waals surface area (Å²) in [4.78, 5) is 0. The fraction of sp³-hybridized carbons (Fsp3) is 0. The predicted octanol–water partition coefficient (Wildman–Crippen LogP) is 7.15. The Hall–Kier alpha value is -4.04. The summed E-state index contributed by atoms with van der Waals surface area (Å²) in [7, 11) is 0. The van der Waals surface area contributed by atoms with Crippen LogP contribution >= 0.6 is 0 Å². The van der Waals surface area contributed by atoms with Crippen LogP contribution in [-0.4, -0.2) is 0 Å². The molecule has 6 aromatic carbocycles. The molecule has 2 nitrogen and oxygen atoms in total. The molecule has 0 spiro atoms. The van der Waals surface area contributed by atoms with Gasteiger partial charge in [-0.15, -0.1) is 0 Å². The third-order valence-electron chi connectivity index (χ3n) is 5.53. The van der Waals surface area contributed by atoms with Gasteiger partial charge in [-0.25, -0.2) is 0 Å². The van der Waals surface area contributed by atoms with Crippen LogP contribution in [0, 0.1) is 0 Å². The van der Waals surface area contributed by atoms with Crippen molar-refractivity contribution < 1.29 is 0 Å². The second kappa shape index (κ2) is 7.41. The Morgan fingerprint density at radius 2 is 0.900 bits per heavy atom. The third-order valence-corrected chi connectivity index (χ3v) is 5.53. The lowest BCUT2D eigenvalue weighted by Crippen LogP contribution is -1.87. The van der Waals surface area contributed by atoms with Crippen molar-refractivity contribution in [1.82, 2.24) is 0 Å². The first kappa shape index (κ1) is 18.0. The summed E-state index contributed by atoms with van der Waals surface area (Å²) in [6, 6.07) is 37.4. The minimum Gasteiger partial charge on any atom is -0.399 e. The fourth-order valence-corrected chi connectivity index (χ4v) is 4.04. The van der Waals surface area contributed by atoms with Crippen LogP contribution in [0.15, 0.2) is 109 Å². The maximum Gasteiger partial charge on any atom is 0.0400 e. The van der Waals surface area contributed by atoms with E-state index in [9.17, 15) is 0 Å². The van der Waals surface area contributed by atoms with Crippen molar-refractivity contribution in [3.8, 4) is 0 Å². The lowest BCUT2D eigenvalue weighted by Gasteiger charge is -2.06. The summed E-state index contributed by atoms with van der Waals surface area (Å²) in [6.07, 6.45) is 0. The number of benzene rings is 6. The Morgan fingerprint density at radius 3 is 1.63 bits per heavy atom. The highest BCUT2D eigenvalue weighted by molar-refractivity contribution is 6.12. The molecule has 0 heterocycles. The SMILES string of the molecule is Nc1cc2ccccc2c2ccccc12.Nc1ccc2cc3ccccc3cc2c1. The van der Waals surface area contributed by atoms with E-state index in [0.29, 0.717) is 0 Å². The number of anilines is 2. The molecular weight excluding hydrogens is 364 g/mol. The third kappa shape index (κ3) is 3.29. The maximum atomic E-state index is 6.02. The molecule has 144 valence electrons. The number of nitrogen functional groups attached to an aromatic ring is 2. The topological polar surface area (TPSA) is 52.0 Å². The van der Waals surface area contributed by atoms with E-state index in [4.69, 9.17) is 11.5 Å². The van der Waals surface area contributed by atoms with Crippen LogP contribution in [0.2, 0.25) is 0 Å². The quantitative estimate of drug-likeness (QED) is 0.165. The second-order valence-corrected chi connectivity index (χ2v) is 7.54. The molecule has 2 heteroatoms. The van der Waals surface area contributed by atoms with Gasteiger partial charge >= 0.3 is 0 Å². The molecule has 0 saturated heterocycles. The maximum absolute atomic E-state index is 6.02. The van der Waals surface area contributed by atoms with Crippen molar-refractivity contribution in [3.63, 3.8) is 0 Å². The highest BCUT2D eigenvalue weighted by Crippen LogP contribution is 2.29. The number of hydrogen-bond donors (Lipinski definition) is 2. The molecule has 0 radical (unpaired) electrons. The van der Waals surface area contributed by atoms with E-state index in [-0.39, 0.29) is 0 Å². The summed E-state index contributed by atoms with van der Waals surface area (Å²) < 4.78 is 0. The van der Waals surface area contributed by atoms with Gasteiger partial charge in [0.25, 0.3) is 0 Å². The van der Waals surface area contributed by atoms with Gasteiger partial charge in [-0.05, 0) is 68.0 Å². The molecule has 0 saturated carbocycles. The smallest absolute Gasteiger partial charge is 0.0400 e. The molecule has 6 aromatic rings. The molecule has 4 N–H and O–H groups in total. The summed E-state index contributed by atoms with van der Waals surface area (Å²) >= 11 is 0. The second-order valence-electron chi connectivity index (χ2n) is 7.54. The molecule has 0 bridgehead atoms. The first-order valence-electron chi connectivity index (χ1n) is 10.0. The summed E-state index contributed by atoms with van der Waals surface area (Å²) in [5.41, 5.74) is 13.5. The standard InChI is InChI=1S/2C14H11N/c15-14-9-10-5-1-2-6-11(10)12-7-3-4-8-13(12)14;15-14-6-5-12-7-10-3-1-2-4-11(10)8-13(12)9-14/h2*1-9H,15H2. The zero-order valence-corrected chi connectivity index (χ0v) is 16.5. The van der Waals surface area contributed by atoms with Crippen molar-refractivity contribution in [2.24, 2.45) is 0 Å². The molecular formula is C28H22N2. The van der Waals surface area contributed by atoms with Crippen LogP contribution < -0.4 is 11.5 Å². The van der Waals surface area contributed by atoms with Gasteiger partial charge in [-0.2, -0.15) is 0 Å². The van der Waals surface area contributed by atoms with Gasteiger partial charge in [0, 0.05) is 16.8 Å². The van der Waals surface area contributed by atoms with Crippen molar-refractivity contribution in [1.29, 1.82) is 0 Å². The average Bonchev–Trinajstić information content (AvgIpc) is 2.78. The largest absolute Gasteiger partial charge is 0.399 e. The van der Waals surface area contributed by atoms with Crippen molar-refractivity contribution >= 4 is 54.5 Å². The van der Waals surface area contributed by atoms with Crippen LogP contribution in [0.1, 0.15) is 0 Å². The Morgan fingerprint density at radius 1 is 0.367 bits per heavy atom. The minimum absolute atomic E-state index is 0.817. The average molecular weight is 386 g/mol. The number of rotatable bonds is 0. The monoisotopic (exact) mass is 386 g/mol. The van der Waals surface area contributed by atoms with Gasteiger partial charge in [0.2, 0.25) is 0 Å². The lowest BCUT2D eigenvalue weighted by atomic mass is 10.0. The molecule has 0 atom stereocenters. The zero-order chi connectivity index (χ0) is 20.5. The van der Waals surface area contributed by atoms with E-state index < -0.39 is 0 Å². The van der Waals surface area contributed by atoms with E-state index in [1.54, 1.807) is 0 Å². The van der Waals surface area contributed by atoms with Crippen molar-refractivity contribution in [3.05, 3.63) is 109 Å². The molecule has 0 fully saturated rings. The van der Waals surface area contributed by atoms with E-state index in [1.807, 2.05) is 36.4 Å². The Balaban J connectivity index is 0.000000128. The lowest BCUT2D eigenvalue weighted by molar-refractivity contribution is 1.74. The highest BCUT2D eigenvalue weighted by atomic mass is 14.6. The van der Waals surface area contributed by atoms with Gasteiger partial charge in [-0.3, -0.25) is 0 Å². The van der Waals surface area contributed by atoms with Crippen LogP contribution in [-0.2, 0) is 0 Å². The van der Waals surface area contributed by atoms with Crippen molar-refractivity contribution in [2.45, 2.75) is 0 Å². The Bertz CT molecular complexity index is 1520. The van der Waals surface area contributed by atoms with Crippen LogP contribution in [0.3, 0.4) is 0 Å². The normalized spacial score (nSPS) is 10.9. The molecule has 0 aliphatic carbocycles. The number of hydrogen-bond acceptors (Lipinski definition) is 2.